The second kappa shape index (κ2) is 5.37. The molecule has 1 rings (SSSR count). The third-order valence-corrected chi connectivity index (χ3v) is 3.94. The van der Waals surface area contributed by atoms with Crippen LogP contribution < -0.4 is 5.32 Å². The number of carboxylic acids is 1. The van der Waals surface area contributed by atoms with Crippen LogP contribution in [-0.4, -0.2) is 45.7 Å². The predicted molar refractivity (Wildman–Crippen MR) is 56.8 cm³/mol. The molecule has 1 saturated heterocycles. The molecule has 0 radical (unpaired) electrons. The molecule has 0 aliphatic carbocycles. The lowest BCUT2D eigenvalue weighted by molar-refractivity contribution is -0.142. The molecule has 15 heavy (non-hydrogen) atoms. The van der Waals surface area contributed by atoms with Crippen molar-refractivity contribution in [3.8, 4) is 0 Å². The summed E-state index contributed by atoms with van der Waals surface area (Å²) in [7, 11) is 0. The van der Waals surface area contributed by atoms with E-state index in [0.29, 0.717) is 6.42 Å². The van der Waals surface area contributed by atoms with E-state index in [1.807, 2.05) is 0 Å². The molecule has 1 fully saturated rings. The van der Waals surface area contributed by atoms with Gasteiger partial charge in [-0.1, -0.05) is 0 Å². The van der Waals surface area contributed by atoms with Crippen molar-refractivity contribution in [2.45, 2.75) is 24.0 Å². The number of carbonyl (C=O) groups is 2. The lowest BCUT2D eigenvalue weighted by Crippen LogP contribution is -2.39. The number of rotatable bonds is 5. The van der Waals surface area contributed by atoms with Gasteiger partial charge in [-0.2, -0.15) is 0 Å². The lowest BCUT2D eigenvalue weighted by atomic mass is 9.99. The number of aliphatic hydroxyl groups is 1. The molecule has 0 spiro atoms. The van der Waals surface area contributed by atoms with Crippen LogP contribution in [0.1, 0.15) is 19.3 Å². The second-order valence-electron chi connectivity index (χ2n) is 3.50. The van der Waals surface area contributed by atoms with Crippen molar-refractivity contribution < 1.29 is 19.8 Å². The highest BCUT2D eigenvalue weighted by molar-refractivity contribution is 8.01. The molecular formula is C9H15NO4S. The second-order valence-corrected chi connectivity index (χ2v) is 4.98. The minimum Gasteiger partial charge on any atom is -0.480 e. The molecule has 1 heterocycles. The molecule has 3 N–H and O–H groups in total. The summed E-state index contributed by atoms with van der Waals surface area (Å²) in [6.45, 7) is 0.0537. The Morgan fingerprint density at radius 1 is 1.47 bits per heavy atom. The summed E-state index contributed by atoms with van der Waals surface area (Å²) >= 11 is 1.34. The maximum atomic E-state index is 11.4. The van der Waals surface area contributed by atoms with Crippen LogP contribution in [0.4, 0.5) is 0 Å². The SMILES string of the molecule is O=C(CC1(C(=O)O)CCCS1)NCCO. The molecule has 1 atom stereocenters. The van der Waals surface area contributed by atoms with E-state index in [4.69, 9.17) is 10.2 Å². The summed E-state index contributed by atoms with van der Waals surface area (Å²) in [5.41, 5.74) is 0. The Kier molecular flexibility index (Phi) is 4.41. The number of carbonyl (C=O) groups excluding carboxylic acids is 1. The van der Waals surface area contributed by atoms with Crippen molar-refractivity contribution in [2.24, 2.45) is 0 Å². The van der Waals surface area contributed by atoms with Gasteiger partial charge < -0.3 is 15.5 Å². The van der Waals surface area contributed by atoms with Crippen LogP contribution in [0.2, 0.25) is 0 Å². The molecule has 1 unspecified atom stereocenters. The van der Waals surface area contributed by atoms with Crippen molar-refractivity contribution in [1.82, 2.24) is 5.32 Å². The van der Waals surface area contributed by atoms with Crippen molar-refractivity contribution in [2.75, 3.05) is 18.9 Å². The van der Waals surface area contributed by atoms with Crippen LogP contribution in [-0.2, 0) is 9.59 Å². The first kappa shape index (κ1) is 12.3. The summed E-state index contributed by atoms with van der Waals surface area (Å²) in [6.07, 6.45) is 1.37. The lowest BCUT2D eigenvalue weighted by Gasteiger charge is -2.21. The van der Waals surface area contributed by atoms with Gasteiger partial charge in [0.2, 0.25) is 5.91 Å². The molecule has 0 aromatic rings. The average molecular weight is 233 g/mol. The molecule has 0 saturated carbocycles. The van der Waals surface area contributed by atoms with E-state index >= 15 is 0 Å². The summed E-state index contributed by atoms with van der Waals surface area (Å²) in [6, 6.07) is 0. The Balaban J connectivity index is 2.52. The van der Waals surface area contributed by atoms with E-state index in [1.165, 1.54) is 11.8 Å². The van der Waals surface area contributed by atoms with Gasteiger partial charge in [-0.3, -0.25) is 9.59 Å². The third kappa shape index (κ3) is 3.10. The topological polar surface area (TPSA) is 86.6 Å². The number of nitrogens with one attached hydrogen (secondary N) is 1. The molecule has 0 bridgehead atoms. The highest BCUT2D eigenvalue weighted by Gasteiger charge is 2.43. The van der Waals surface area contributed by atoms with E-state index in [-0.39, 0.29) is 25.5 Å². The van der Waals surface area contributed by atoms with Crippen LogP contribution in [0.15, 0.2) is 0 Å². The standard InChI is InChI=1S/C9H15NO4S/c11-4-3-10-7(12)6-9(8(13)14)2-1-5-15-9/h11H,1-6H2,(H,10,12)(H,13,14). The largest absolute Gasteiger partial charge is 0.480 e. The summed E-state index contributed by atoms with van der Waals surface area (Å²) in [4.78, 5) is 22.5. The molecule has 1 aliphatic heterocycles. The minimum absolute atomic E-state index is 0.00694. The van der Waals surface area contributed by atoms with Crippen LogP contribution in [0, 0.1) is 0 Å². The van der Waals surface area contributed by atoms with Crippen LogP contribution in [0.25, 0.3) is 0 Å². The Morgan fingerprint density at radius 2 is 2.20 bits per heavy atom. The zero-order valence-corrected chi connectivity index (χ0v) is 9.18. The molecule has 0 aromatic heterocycles. The normalized spacial score (nSPS) is 25.1. The van der Waals surface area contributed by atoms with Gasteiger partial charge in [-0.25, -0.2) is 0 Å². The summed E-state index contributed by atoms with van der Waals surface area (Å²) in [5.74, 6) is -0.426. The van der Waals surface area contributed by atoms with Crippen molar-refractivity contribution >= 4 is 23.6 Å². The van der Waals surface area contributed by atoms with Gasteiger partial charge in [0.1, 0.15) is 4.75 Å². The van der Waals surface area contributed by atoms with Crippen LogP contribution in [0.3, 0.4) is 0 Å². The molecule has 5 nitrogen and oxygen atoms in total. The Morgan fingerprint density at radius 3 is 2.67 bits per heavy atom. The van der Waals surface area contributed by atoms with Crippen molar-refractivity contribution in [3.05, 3.63) is 0 Å². The molecule has 86 valence electrons. The van der Waals surface area contributed by atoms with Crippen molar-refractivity contribution in [1.29, 1.82) is 0 Å². The summed E-state index contributed by atoms with van der Waals surface area (Å²) in [5, 5.41) is 20.1. The van der Waals surface area contributed by atoms with Gasteiger partial charge in [-0.15, -0.1) is 11.8 Å². The van der Waals surface area contributed by atoms with E-state index in [0.717, 1.165) is 12.2 Å². The van der Waals surface area contributed by atoms with Gasteiger partial charge in [0.05, 0.1) is 13.0 Å². The quantitative estimate of drug-likeness (QED) is 0.614. The van der Waals surface area contributed by atoms with Crippen molar-refractivity contribution in [3.63, 3.8) is 0 Å². The highest BCUT2D eigenvalue weighted by Crippen LogP contribution is 2.41. The Hall–Kier alpha value is -0.750. The van der Waals surface area contributed by atoms with E-state index in [2.05, 4.69) is 5.32 Å². The smallest absolute Gasteiger partial charge is 0.320 e. The van der Waals surface area contributed by atoms with E-state index in [9.17, 15) is 9.59 Å². The Bertz CT molecular complexity index is 250. The fourth-order valence-corrected chi connectivity index (χ4v) is 2.92. The van der Waals surface area contributed by atoms with Gasteiger partial charge >= 0.3 is 5.97 Å². The number of aliphatic carboxylic acids is 1. The first-order valence-corrected chi connectivity index (χ1v) is 5.84. The van der Waals surface area contributed by atoms with E-state index in [1.54, 1.807) is 0 Å². The number of thioether (sulfide) groups is 1. The zero-order chi connectivity index (χ0) is 11.3. The average Bonchev–Trinajstić information content (AvgIpc) is 2.64. The number of amides is 1. The van der Waals surface area contributed by atoms with Crippen LogP contribution >= 0.6 is 11.8 Å². The number of hydrogen-bond acceptors (Lipinski definition) is 4. The first-order valence-electron chi connectivity index (χ1n) is 4.86. The number of aliphatic hydroxyl groups excluding tert-OH is 1. The molecule has 0 aromatic carbocycles. The molecule has 1 aliphatic rings. The first-order chi connectivity index (χ1) is 7.10. The number of carboxylic acid groups (broad SMARTS) is 1. The van der Waals surface area contributed by atoms with Crippen LogP contribution in [0.5, 0.6) is 0 Å². The fraction of sp³-hybridized carbons (Fsp3) is 0.778. The predicted octanol–water partition coefficient (Wildman–Crippen LogP) is -0.165. The van der Waals surface area contributed by atoms with Gasteiger partial charge in [0.15, 0.2) is 0 Å². The van der Waals surface area contributed by atoms with Gasteiger partial charge in [-0.05, 0) is 18.6 Å². The maximum absolute atomic E-state index is 11.4. The molecule has 1 amide bonds. The number of hydrogen-bond donors (Lipinski definition) is 3. The summed E-state index contributed by atoms with van der Waals surface area (Å²) < 4.78 is -0.945. The minimum atomic E-state index is -0.945. The van der Waals surface area contributed by atoms with Gasteiger partial charge in [0, 0.05) is 6.54 Å². The molecule has 6 heteroatoms. The molecular weight excluding hydrogens is 218 g/mol. The highest BCUT2D eigenvalue weighted by atomic mass is 32.2. The maximum Gasteiger partial charge on any atom is 0.320 e. The van der Waals surface area contributed by atoms with Gasteiger partial charge in [0.25, 0.3) is 0 Å². The monoisotopic (exact) mass is 233 g/mol. The Labute approximate surface area is 92.2 Å². The van der Waals surface area contributed by atoms with E-state index < -0.39 is 10.7 Å². The fourth-order valence-electron chi connectivity index (χ4n) is 1.60. The third-order valence-electron chi connectivity index (χ3n) is 2.37. The zero-order valence-electron chi connectivity index (χ0n) is 8.36.